The first-order valence-corrected chi connectivity index (χ1v) is 5.90. The summed E-state index contributed by atoms with van der Waals surface area (Å²) < 4.78 is 0. The number of fused-ring (bicyclic) bond motifs is 1. The molecular weight excluding hydrogens is 232 g/mol. The fourth-order valence-corrected chi connectivity index (χ4v) is 2.55. The van der Waals surface area contributed by atoms with Crippen LogP contribution in [0.4, 0.5) is 0 Å². The van der Waals surface area contributed by atoms with Gasteiger partial charge in [-0.1, -0.05) is 0 Å². The van der Waals surface area contributed by atoms with Crippen molar-refractivity contribution >= 4 is 22.4 Å². The Hall–Kier alpha value is -2.19. The lowest BCUT2D eigenvalue weighted by Crippen LogP contribution is -1.78. The number of nitriles is 1. The highest BCUT2D eigenvalue weighted by atomic mass is 32.1. The number of aromatic amines is 1. The maximum absolute atomic E-state index is 8.92. The maximum Gasteiger partial charge on any atom is 0.128 e. The van der Waals surface area contributed by atoms with Crippen LogP contribution in [0, 0.1) is 18.3 Å². The number of hydrogen-bond acceptors (Lipinski definition) is 4. The first-order valence-electron chi connectivity index (χ1n) is 5.09. The minimum atomic E-state index is 0.671. The van der Waals surface area contributed by atoms with Crippen molar-refractivity contribution in [2.75, 3.05) is 0 Å². The van der Waals surface area contributed by atoms with Crippen molar-refractivity contribution in [1.82, 2.24) is 15.0 Å². The third-order valence-electron chi connectivity index (χ3n) is 2.57. The van der Waals surface area contributed by atoms with Gasteiger partial charge in [0.1, 0.15) is 16.0 Å². The lowest BCUT2D eigenvalue weighted by atomic mass is 10.2. The van der Waals surface area contributed by atoms with Gasteiger partial charge < -0.3 is 4.98 Å². The number of imidazole rings is 1. The van der Waals surface area contributed by atoms with Crippen LogP contribution in [0.3, 0.4) is 0 Å². The van der Waals surface area contributed by atoms with Crippen LogP contribution in [0.1, 0.15) is 10.6 Å². The Kier molecular flexibility index (Phi) is 2.16. The minimum Gasteiger partial charge on any atom is -0.345 e. The second-order valence-corrected chi connectivity index (χ2v) is 4.68. The van der Waals surface area contributed by atoms with E-state index in [1.54, 1.807) is 6.33 Å². The van der Waals surface area contributed by atoms with Crippen LogP contribution >= 0.6 is 11.3 Å². The molecule has 17 heavy (non-hydrogen) atoms. The molecule has 4 nitrogen and oxygen atoms in total. The van der Waals surface area contributed by atoms with Crippen molar-refractivity contribution in [2.45, 2.75) is 6.92 Å². The number of aromatic nitrogens is 3. The molecule has 0 unspecified atom stereocenters. The summed E-state index contributed by atoms with van der Waals surface area (Å²) in [6, 6.07) is 8.08. The van der Waals surface area contributed by atoms with E-state index in [2.05, 4.69) is 21.0 Å². The Labute approximate surface area is 102 Å². The smallest absolute Gasteiger partial charge is 0.128 e. The summed E-state index contributed by atoms with van der Waals surface area (Å²) in [5.41, 5.74) is 3.71. The van der Waals surface area contributed by atoms with Crippen LogP contribution in [0.5, 0.6) is 0 Å². The number of thiazole rings is 1. The van der Waals surface area contributed by atoms with E-state index in [-0.39, 0.29) is 0 Å². The van der Waals surface area contributed by atoms with Crippen LogP contribution in [0.25, 0.3) is 21.6 Å². The van der Waals surface area contributed by atoms with E-state index < -0.39 is 0 Å². The fraction of sp³-hybridized carbons (Fsp3) is 0.0833. The van der Waals surface area contributed by atoms with Crippen LogP contribution in [-0.4, -0.2) is 15.0 Å². The van der Waals surface area contributed by atoms with E-state index in [0.29, 0.717) is 4.88 Å². The molecule has 1 aromatic carbocycles. The number of benzene rings is 1. The van der Waals surface area contributed by atoms with Gasteiger partial charge in [0.25, 0.3) is 0 Å². The topological polar surface area (TPSA) is 65.4 Å². The molecule has 0 amide bonds. The SMILES string of the molecule is Cc1nc(-c2ccc3nc[nH]c3c2)sc1C#N. The van der Waals surface area contributed by atoms with Gasteiger partial charge in [-0.3, -0.25) is 0 Å². The zero-order valence-corrected chi connectivity index (χ0v) is 9.88. The Morgan fingerprint density at radius 1 is 1.41 bits per heavy atom. The summed E-state index contributed by atoms with van der Waals surface area (Å²) in [5.74, 6) is 0. The molecule has 3 rings (SSSR count). The summed E-state index contributed by atoms with van der Waals surface area (Å²) >= 11 is 1.42. The summed E-state index contributed by atoms with van der Waals surface area (Å²) in [5, 5.41) is 9.79. The van der Waals surface area contributed by atoms with Crippen LogP contribution in [0.15, 0.2) is 24.5 Å². The van der Waals surface area contributed by atoms with Gasteiger partial charge in [0.15, 0.2) is 0 Å². The monoisotopic (exact) mass is 240 g/mol. The van der Waals surface area contributed by atoms with Gasteiger partial charge in [-0.2, -0.15) is 5.26 Å². The van der Waals surface area contributed by atoms with Crippen LogP contribution in [-0.2, 0) is 0 Å². The second-order valence-electron chi connectivity index (χ2n) is 3.68. The zero-order valence-electron chi connectivity index (χ0n) is 9.06. The molecule has 3 aromatic rings. The molecule has 0 spiro atoms. The Morgan fingerprint density at radius 2 is 2.29 bits per heavy atom. The fourth-order valence-electron chi connectivity index (χ4n) is 1.69. The highest BCUT2D eigenvalue weighted by Gasteiger charge is 2.09. The summed E-state index contributed by atoms with van der Waals surface area (Å²) in [4.78, 5) is 12.3. The summed E-state index contributed by atoms with van der Waals surface area (Å²) in [6.07, 6.45) is 1.67. The van der Waals surface area contributed by atoms with Crippen molar-refractivity contribution < 1.29 is 0 Å². The standard InChI is InChI=1S/C12H8N4S/c1-7-11(5-13)17-12(16-7)8-2-3-9-10(4-8)15-6-14-9/h2-4,6H,1H3,(H,14,15). The lowest BCUT2D eigenvalue weighted by Gasteiger charge is -1.95. The molecular formula is C12H8N4S. The molecule has 2 heterocycles. The number of nitrogens with one attached hydrogen (secondary N) is 1. The van der Waals surface area contributed by atoms with Gasteiger partial charge in [-0.25, -0.2) is 9.97 Å². The molecule has 0 fully saturated rings. The normalized spacial score (nSPS) is 10.6. The molecule has 1 N–H and O–H groups in total. The highest BCUT2D eigenvalue weighted by molar-refractivity contribution is 7.15. The number of nitrogens with zero attached hydrogens (tertiary/aromatic N) is 3. The van der Waals surface area contributed by atoms with Crippen molar-refractivity contribution in [3.8, 4) is 16.6 Å². The largest absolute Gasteiger partial charge is 0.345 e. The van der Waals surface area contributed by atoms with Crippen molar-refractivity contribution in [2.24, 2.45) is 0 Å². The first-order chi connectivity index (χ1) is 8.28. The van der Waals surface area contributed by atoms with E-state index in [4.69, 9.17) is 5.26 Å². The van der Waals surface area contributed by atoms with E-state index in [1.165, 1.54) is 11.3 Å². The number of hydrogen-bond donors (Lipinski definition) is 1. The maximum atomic E-state index is 8.92. The number of rotatable bonds is 1. The third kappa shape index (κ3) is 1.59. The third-order valence-corrected chi connectivity index (χ3v) is 3.68. The lowest BCUT2D eigenvalue weighted by molar-refractivity contribution is 1.25. The minimum absolute atomic E-state index is 0.671. The Bertz CT molecular complexity index is 732. The average Bonchev–Trinajstić information content (AvgIpc) is 2.93. The Balaban J connectivity index is 2.16. The van der Waals surface area contributed by atoms with Gasteiger partial charge in [-0.05, 0) is 25.1 Å². The molecule has 0 atom stereocenters. The second kappa shape index (κ2) is 3.68. The molecule has 82 valence electrons. The molecule has 5 heteroatoms. The zero-order chi connectivity index (χ0) is 11.8. The van der Waals surface area contributed by atoms with Gasteiger partial charge >= 0.3 is 0 Å². The average molecular weight is 240 g/mol. The number of aryl methyl sites for hydroxylation is 1. The molecule has 2 aromatic heterocycles. The van der Waals surface area contributed by atoms with Gasteiger partial charge in [0.2, 0.25) is 0 Å². The summed E-state index contributed by atoms with van der Waals surface area (Å²) in [6.45, 7) is 1.85. The predicted octanol–water partition coefficient (Wildman–Crippen LogP) is 2.87. The van der Waals surface area contributed by atoms with Crippen molar-refractivity contribution in [1.29, 1.82) is 5.26 Å². The van der Waals surface area contributed by atoms with Gasteiger partial charge in [-0.15, -0.1) is 11.3 Å². The van der Waals surface area contributed by atoms with Crippen molar-refractivity contribution in [3.05, 3.63) is 35.1 Å². The van der Waals surface area contributed by atoms with E-state index in [1.807, 2.05) is 25.1 Å². The van der Waals surface area contributed by atoms with E-state index in [0.717, 1.165) is 27.3 Å². The predicted molar refractivity (Wildman–Crippen MR) is 66.7 cm³/mol. The molecule has 0 aliphatic rings. The summed E-state index contributed by atoms with van der Waals surface area (Å²) in [7, 11) is 0. The Morgan fingerprint density at radius 3 is 3.06 bits per heavy atom. The van der Waals surface area contributed by atoms with Gasteiger partial charge in [0, 0.05) is 5.56 Å². The number of H-pyrrole nitrogens is 1. The van der Waals surface area contributed by atoms with Gasteiger partial charge in [0.05, 0.1) is 23.1 Å². The molecule has 0 saturated heterocycles. The first kappa shape index (κ1) is 10.00. The van der Waals surface area contributed by atoms with Crippen LogP contribution < -0.4 is 0 Å². The molecule has 0 radical (unpaired) electrons. The van der Waals surface area contributed by atoms with Crippen LogP contribution in [0.2, 0.25) is 0 Å². The van der Waals surface area contributed by atoms with E-state index >= 15 is 0 Å². The van der Waals surface area contributed by atoms with Crippen molar-refractivity contribution in [3.63, 3.8) is 0 Å². The molecule has 0 aliphatic heterocycles. The molecule has 0 bridgehead atoms. The quantitative estimate of drug-likeness (QED) is 0.711. The molecule has 0 aliphatic carbocycles. The van der Waals surface area contributed by atoms with E-state index in [9.17, 15) is 0 Å². The highest BCUT2D eigenvalue weighted by Crippen LogP contribution is 2.28. The molecule has 0 saturated carbocycles.